The average Bonchev–Trinajstić information content (AvgIpc) is 3.04. The van der Waals surface area contributed by atoms with Crippen molar-refractivity contribution in [3.8, 4) is 11.5 Å². The maximum Gasteiger partial charge on any atom is 0.191 e. The van der Waals surface area contributed by atoms with Gasteiger partial charge in [-0.3, -0.25) is 4.99 Å². The molecule has 0 saturated heterocycles. The van der Waals surface area contributed by atoms with E-state index >= 15 is 0 Å². The Bertz CT molecular complexity index is 745. The second-order valence-electron chi connectivity index (χ2n) is 6.20. The van der Waals surface area contributed by atoms with Crippen LogP contribution in [0, 0.1) is 6.92 Å². The summed E-state index contributed by atoms with van der Waals surface area (Å²) >= 11 is 1.78. The summed E-state index contributed by atoms with van der Waals surface area (Å²) in [6.45, 7) is 7.74. The fourth-order valence-corrected chi connectivity index (χ4v) is 3.64. The molecule has 6 nitrogen and oxygen atoms in total. The highest BCUT2D eigenvalue weighted by molar-refractivity contribution is 7.11. The third-order valence-electron chi connectivity index (χ3n) is 4.06. The molecule has 0 aliphatic rings. The van der Waals surface area contributed by atoms with Gasteiger partial charge < -0.3 is 20.1 Å². The van der Waals surface area contributed by atoms with E-state index in [-0.39, 0.29) is 6.10 Å². The van der Waals surface area contributed by atoms with Crippen molar-refractivity contribution in [2.45, 2.75) is 39.7 Å². The lowest BCUT2D eigenvalue weighted by Gasteiger charge is -2.18. The van der Waals surface area contributed by atoms with E-state index in [9.17, 15) is 0 Å². The van der Waals surface area contributed by atoms with Crippen LogP contribution in [-0.4, -0.2) is 44.3 Å². The Morgan fingerprint density at radius 3 is 2.74 bits per heavy atom. The Balaban J connectivity index is 1.74. The molecular formula is C20H30N4O2S. The van der Waals surface area contributed by atoms with Gasteiger partial charge in [0.2, 0.25) is 0 Å². The minimum atomic E-state index is -0.00983. The van der Waals surface area contributed by atoms with Gasteiger partial charge in [-0.1, -0.05) is 13.0 Å². The third kappa shape index (κ3) is 6.75. The molecular weight excluding hydrogens is 360 g/mol. The lowest BCUT2D eigenvalue weighted by atomic mass is 10.3. The highest BCUT2D eigenvalue weighted by Gasteiger charge is 2.08. The predicted octanol–water partition coefficient (Wildman–Crippen LogP) is 3.20. The number of nitrogens with zero attached hydrogens (tertiary/aromatic N) is 2. The van der Waals surface area contributed by atoms with E-state index in [2.05, 4.69) is 34.5 Å². The summed E-state index contributed by atoms with van der Waals surface area (Å²) in [5.41, 5.74) is 1.21. The summed E-state index contributed by atoms with van der Waals surface area (Å²) < 4.78 is 11.1. The predicted molar refractivity (Wildman–Crippen MR) is 112 cm³/mol. The molecule has 0 aliphatic heterocycles. The van der Waals surface area contributed by atoms with Gasteiger partial charge in [0.05, 0.1) is 24.4 Å². The second-order valence-corrected chi connectivity index (χ2v) is 7.49. The first-order valence-corrected chi connectivity index (χ1v) is 10.1. The number of methoxy groups -OCH3 is 1. The van der Waals surface area contributed by atoms with E-state index in [1.807, 2.05) is 31.2 Å². The number of aliphatic imine (C=N–C) groups is 1. The van der Waals surface area contributed by atoms with Crippen LogP contribution in [0.4, 0.5) is 0 Å². The van der Waals surface area contributed by atoms with Crippen molar-refractivity contribution in [3.63, 3.8) is 0 Å². The zero-order valence-corrected chi connectivity index (χ0v) is 17.7. The molecule has 0 radical (unpaired) electrons. The largest absolute Gasteiger partial charge is 0.497 e. The number of nitrogens with one attached hydrogen (secondary N) is 2. The summed E-state index contributed by atoms with van der Waals surface area (Å²) in [5.74, 6) is 2.34. The average molecular weight is 391 g/mol. The molecule has 0 spiro atoms. The molecule has 0 saturated carbocycles. The topological polar surface area (TPSA) is 67.8 Å². The molecule has 27 heavy (non-hydrogen) atoms. The van der Waals surface area contributed by atoms with Gasteiger partial charge in [0, 0.05) is 31.0 Å². The fourth-order valence-electron chi connectivity index (χ4n) is 2.62. The molecule has 1 atom stereocenters. The van der Waals surface area contributed by atoms with Gasteiger partial charge >= 0.3 is 0 Å². The summed E-state index contributed by atoms with van der Waals surface area (Å²) in [6, 6.07) is 7.62. The molecule has 1 unspecified atom stereocenters. The van der Waals surface area contributed by atoms with Gasteiger partial charge in [-0.25, -0.2) is 4.98 Å². The number of aryl methyl sites for hydroxylation is 2. The highest BCUT2D eigenvalue weighted by Crippen LogP contribution is 2.20. The molecule has 0 fully saturated rings. The quantitative estimate of drug-likeness (QED) is 0.508. The van der Waals surface area contributed by atoms with Crippen molar-refractivity contribution in [2.75, 3.05) is 27.2 Å². The van der Waals surface area contributed by atoms with Crippen LogP contribution in [0.2, 0.25) is 0 Å². The zero-order chi connectivity index (χ0) is 19.6. The molecule has 2 aromatic rings. The minimum Gasteiger partial charge on any atom is -0.497 e. The first-order chi connectivity index (χ1) is 13.0. The normalized spacial score (nSPS) is 12.6. The fraction of sp³-hybridized carbons (Fsp3) is 0.500. The Morgan fingerprint density at radius 2 is 2.07 bits per heavy atom. The van der Waals surface area contributed by atoms with Gasteiger partial charge in [0.15, 0.2) is 5.96 Å². The maximum atomic E-state index is 5.92. The van der Waals surface area contributed by atoms with Crippen molar-refractivity contribution < 1.29 is 9.47 Å². The molecule has 0 amide bonds. The van der Waals surface area contributed by atoms with Gasteiger partial charge in [0.25, 0.3) is 0 Å². The van der Waals surface area contributed by atoms with Crippen LogP contribution in [0.5, 0.6) is 11.5 Å². The molecule has 0 aliphatic carbocycles. The van der Waals surface area contributed by atoms with Crippen molar-refractivity contribution in [1.29, 1.82) is 0 Å². The minimum absolute atomic E-state index is 0.00983. The van der Waals surface area contributed by atoms with E-state index in [4.69, 9.17) is 9.47 Å². The standard InChI is InChI=1S/C20H30N4O2S/c1-6-18-15(3)27-19(24-18)10-11-22-20(21-4)23-13-14(2)26-17-9-7-8-16(12-17)25-5/h7-9,12,14H,6,10-11,13H2,1-5H3,(H2,21,22,23). The van der Waals surface area contributed by atoms with Crippen LogP contribution in [0.3, 0.4) is 0 Å². The second kappa shape index (κ2) is 10.8. The van der Waals surface area contributed by atoms with E-state index in [0.717, 1.165) is 36.8 Å². The highest BCUT2D eigenvalue weighted by atomic mass is 32.1. The lowest BCUT2D eigenvalue weighted by Crippen LogP contribution is -2.42. The molecule has 0 bridgehead atoms. The molecule has 7 heteroatoms. The number of aromatic nitrogens is 1. The molecule has 148 valence electrons. The number of benzene rings is 1. The third-order valence-corrected chi connectivity index (χ3v) is 5.14. The van der Waals surface area contributed by atoms with E-state index in [0.29, 0.717) is 6.54 Å². The van der Waals surface area contributed by atoms with Crippen LogP contribution in [0.25, 0.3) is 0 Å². The van der Waals surface area contributed by atoms with E-state index < -0.39 is 0 Å². The molecule has 2 rings (SSSR count). The monoisotopic (exact) mass is 390 g/mol. The van der Waals surface area contributed by atoms with Crippen LogP contribution < -0.4 is 20.1 Å². The Labute approximate surface area is 166 Å². The number of hydrogen-bond donors (Lipinski definition) is 2. The van der Waals surface area contributed by atoms with Crippen LogP contribution in [0.1, 0.15) is 29.4 Å². The lowest BCUT2D eigenvalue weighted by molar-refractivity contribution is 0.223. The summed E-state index contributed by atoms with van der Waals surface area (Å²) in [7, 11) is 3.42. The number of guanidine groups is 1. The summed E-state index contributed by atoms with van der Waals surface area (Å²) in [5, 5.41) is 7.80. The number of thiazole rings is 1. The maximum absolute atomic E-state index is 5.92. The Kier molecular flexibility index (Phi) is 8.39. The van der Waals surface area contributed by atoms with Crippen molar-refractivity contribution in [2.24, 2.45) is 4.99 Å². The van der Waals surface area contributed by atoms with Gasteiger partial charge in [-0.2, -0.15) is 0 Å². The first kappa shape index (κ1) is 21.0. The zero-order valence-electron chi connectivity index (χ0n) is 16.8. The Morgan fingerprint density at radius 1 is 1.30 bits per heavy atom. The van der Waals surface area contributed by atoms with Crippen LogP contribution >= 0.6 is 11.3 Å². The van der Waals surface area contributed by atoms with Gasteiger partial charge in [-0.15, -0.1) is 11.3 Å². The van der Waals surface area contributed by atoms with Gasteiger partial charge in [0.1, 0.15) is 17.6 Å². The van der Waals surface area contributed by atoms with Crippen LogP contribution in [-0.2, 0) is 12.8 Å². The van der Waals surface area contributed by atoms with Crippen LogP contribution in [0.15, 0.2) is 29.3 Å². The van der Waals surface area contributed by atoms with E-state index in [1.165, 1.54) is 15.6 Å². The first-order valence-electron chi connectivity index (χ1n) is 9.26. The number of ether oxygens (including phenoxy) is 2. The molecule has 2 N–H and O–H groups in total. The van der Waals surface area contributed by atoms with E-state index in [1.54, 1.807) is 25.5 Å². The Hall–Kier alpha value is -2.28. The van der Waals surface area contributed by atoms with Crippen molar-refractivity contribution in [1.82, 2.24) is 15.6 Å². The number of rotatable bonds is 9. The smallest absolute Gasteiger partial charge is 0.191 e. The summed E-state index contributed by atoms with van der Waals surface area (Å²) in [4.78, 5) is 10.3. The molecule has 1 aromatic heterocycles. The molecule has 1 heterocycles. The van der Waals surface area contributed by atoms with Crippen molar-refractivity contribution >= 4 is 17.3 Å². The van der Waals surface area contributed by atoms with Crippen molar-refractivity contribution in [3.05, 3.63) is 39.8 Å². The molecule has 1 aromatic carbocycles. The summed E-state index contributed by atoms with van der Waals surface area (Å²) in [6.07, 6.45) is 1.87. The SMILES string of the molecule is CCc1nc(CCNC(=NC)NCC(C)Oc2cccc(OC)c2)sc1C. The van der Waals surface area contributed by atoms with Gasteiger partial charge in [-0.05, 0) is 32.4 Å². The number of hydrogen-bond acceptors (Lipinski definition) is 5.